The van der Waals surface area contributed by atoms with Gasteiger partial charge in [-0.15, -0.1) is 11.3 Å². The maximum Gasteiger partial charge on any atom is 0.317 e. The van der Waals surface area contributed by atoms with Gasteiger partial charge in [-0.2, -0.15) is 0 Å². The average molecular weight is 376 g/mol. The topological polar surface area (TPSA) is 66.9 Å². The first kappa shape index (κ1) is 18.3. The molecule has 0 aliphatic carbocycles. The predicted molar refractivity (Wildman–Crippen MR) is 103 cm³/mol. The summed E-state index contributed by atoms with van der Waals surface area (Å²) in [5, 5.41) is 6.00. The Hall–Kier alpha value is -2.48. The monoisotopic (exact) mass is 376 g/mol. The number of anilines is 1. The summed E-state index contributed by atoms with van der Waals surface area (Å²) in [4.78, 5) is 20.7. The van der Waals surface area contributed by atoms with E-state index in [0.717, 1.165) is 30.2 Å². The predicted octanol–water partition coefficient (Wildman–Crippen LogP) is 2.23. The van der Waals surface area contributed by atoms with Crippen LogP contribution in [0, 0.1) is 0 Å². The van der Waals surface area contributed by atoms with Crippen LogP contribution >= 0.6 is 11.3 Å². The summed E-state index contributed by atoms with van der Waals surface area (Å²) < 4.78 is 10.6. The Morgan fingerprint density at radius 2 is 1.96 bits per heavy atom. The zero-order valence-electron chi connectivity index (χ0n) is 15.1. The summed E-state index contributed by atoms with van der Waals surface area (Å²) in [5.41, 5.74) is 1.09. The molecule has 1 aromatic carbocycles. The zero-order chi connectivity index (χ0) is 18.4. The number of ether oxygens (including phenoxy) is 2. The molecule has 0 spiro atoms. The Bertz CT molecular complexity index is 715. The molecule has 1 fully saturated rings. The summed E-state index contributed by atoms with van der Waals surface area (Å²) in [6, 6.07) is 5.80. The fourth-order valence-electron chi connectivity index (χ4n) is 2.93. The standard InChI is InChI=1S/C18H24N4O3S/c1-24-15-4-3-14(13-16(15)25-2)5-6-19-17(23)21-8-10-22(11-9-21)18-20-7-12-26-18/h3-4,7,12-13H,5-6,8-11H2,1-2H3,(H,19,23). The van der Waals surface area contributed by atoms with E-state index in [0.29, 0.717) is 31.1 Å². The fourth-order valence-corrected chi connectivity index (χ4v) is 3.63. The van der Waals surface area contributed by atoms with Crippen molar-refractivity contribution in [3.63, 3.8) is 0 Å². The Labute approximate surface area is 157 Å². The van der Waals surface area contributed by atoms with Crippen LogP contribution in [-0.4, -0.2) is 62.9 Å². The lowest BCUT2D eigenvalue weighted by atomic mass is 10.1. The highest BCUT2D eigenvalue weighted by Gasteiger charge is 2.22. The number of amides is 2. The van der Waals surface area contributed by atoms with Crippen LogP contribution in [0.4, 0.5) is 9.93 Å². The zero-order valence-corrected chi connectivity index (χ0v) is 15.9. The maximum atomic E-state index is 12.3. The van der Waals surface area contributed by atoms with Crippen LogP contribution in [0.1, 0.15) is 5.56 Å². The molecule has 2 aromatic rings. The van der Waals surface area contributed by atoms with Gasteiger partial charge in [-0.05, 0) is 24.1 Å². The van der Waals surface area contributed by atoms with Crippen molar-refractivity contribution >= 4 is 22.5 Å². The van der Waals surface area contributed by atoms with E-state index >= 15 is 0 Å². The van der Waals surface area contributed by atoms with E-state index in [-0.39, 0.29) is 6.03 Å². The summed E-state index contributed by atoms with van der Waals surface area (Å²) in [6.07, 6.45) is 2.55. The van der Waals surface area contributed by atoms with E-state index in [9.17, 15) is 4.79 Å². The molecule has 1 N–H and O–H groups in total. The Balaban J connectivity index is 1.43. The third kappa shape index (κ3) is 4.37. The van der Waals surface area contributed by atoms with Crippen molar-refractivity contribution in [3.8, 4) is 11.5 Å². The van der Waals surface area contributed by atoms with Crippen LogP contribution in [0.2, 0.25) is 0 Å². The molecule has 0 bridgehead atoms. The van der Waals surface area contributed by atoms with Gasteiger partial charge in [-0.25, -0.2) is 9.78 Å². The third-order valence-corrected chi connectivity index (χ3v) is 5.23. The van der Waals surface area contributed by atoms with Gasteiger partial charge in [0.1, 0.15) is 0 Å². The maximum absolute atomic E-state index is 12.3. The van der Waals surface area contributed by atoms with Gasteiger partial charge in [0, 0.05) is 44.3 Å². The number of urea groups is 1. The number of benzene rings is 1. The van der Waals surface area contributed by atoms with Crippen LogP contribution in [-0.2, 0) is 6.42 Å². The molecular weight excluding hydrogens is 352 g/mol. The number of carbonyl (C=O) groups is 1. The number of nitrogens with zero attached hydrogens (tertiary/aromatic N) is 3. The van der Waals surface area contributed by atoms with Crippen LogP contribution in [0.5, 0.6) is 11.5 Å². The molecule has 1 aliphatic heterocycles. The van der Waals surface area contributed by atoms with Crippen LogP contribution in [0.3, 0.4) is 0 Å². The lowest BCUT2D eigenvalue weighted by Gasteiger charge is -2.34. The molecule has 0 atom stereocenters. The fraction of sp³-hybridized carbons (Fsp3) is 0.444. The molecule has 3 rings (SSSR count). The van der Waals surface area contributed by atoms with Gasteiger partial charge in [0.2, 0.25) is 0 Å². The molecule has 1 saturated heterocycles. The van der Waals surface area contributed by atoms with Gasteiger partial charge < -0.3 is 24.6 Å². The molecule has 0 saturated carbocycles. The number of piperazine rings is 1. The molecule has 0 radical (unpaired) electrons. The third-order valence-electron chi connectivity index (χ3n) is 4.39. The first-order chi connectivity index (χ1) is 12.7. The number of methoxy groups -OCH3 is 2. The molecule has 140 valence electrons. The highest BCUT2D eigenvalue weighted by Crippen LogP contribution is 2.27. The van der Waals surface area contributed by atoms with Crippen molar-refractivity contribution in [3.05, 3.63) is 35.3 Å². The molecule has 0 unspecified atom stereocenters. The number of aromatic nitrogens is 1. The molecule has 2 amide bonds. The van der Waals surface area contributed by atoms with Gasteiger partial charge >= 0.3 is 6.03 Å². The Kier molecular flexibility index (Phi) is 6.17. The number of hydrogen-bond acceptors (Lipinski definition) is 6. The molecular formula is C18H24N4O3S. The minimum Gasteiger partial charge on any atom is -0.493 e. The lowest BCUT2D eigenvalue weighted by molar-refractivity contribution is 0.194. The second kappa shape index (κ2) is 8.75. The molecule has 7 nitrogen and oxygen atoms in total. The van der Waals surface area contributed by atoms with E-state index in [1.807, 2.05) is 34.7 Å². The van der Waals surface area contributed by atoms with Crippen molar-refractivity contribution < 1.29 is 14.3 Å². The second-order valence-electron chi connectivity index (χ2n) is 5.96. The van der Waals surface area contributed by atoms with Gasteiger partial charge in [0.25, 0.3) is 0 Å². The molecule has 1 aromatic heterocycles. The van der Waals surface area contributed by atoms with E-state index in [1.165, 1.54) is 0 Å². The van der Waals surface area contributed by atoms with Crippen LogP contribution in [0.25, 0.3) is 0 Å². The highest BCUT2D eigenvalue weighted by molar-refractivity contribution is 7.13. The Morgan fingerprint density at radius 3 is 2.62 bits per heavy atom. The minimum absolute atomic E-state index is 0.00994. The molecule has 1 aliphatic rings. The van der Waals surface area contributed by atoms with Crippen LogP contribution in [0.15, 0.2) is 29.8 Å². The summed E-state index contributed by atoms with van der Waals surface area (Å²) in [7, 11) is 3.24. The van der Waals surface area contributed by atoms with Gasteiger partial charge in [0.15, 0.2) is 16.6 Å². The molecule has 2 heterocycles. The SMILES string of the molecule is COc1ccc(CCNC(=O)N2CCN(c3nccs3)CC2)cc1OC. The number of thiazole rings is 1. The summed E-state index contributed by atoms with van der Waals surface area (Å²) >= 11 is 1.63. The first-order valence-electron chi connectivity index (χ1n) is 8.59. The van der Waals surface area contributed by atoms with E-state index in [4.69, 9.17) is 9.47 Å². The lowest BCUT2D eigenvalue weighted by Crippen LogP contribution is -2.52. The number of carbonyl (C=O) groups excluding carboxylic acids is 1. The normalized spacial score (nSPS) is 14.2. The van der Waals surface area contributed by atoms with Crippen molar-refractivity contribution in [1.82, 2.24) is 15.2 Å². The van der Waals surface area contributed by atoms with E-state index in [2.05, 4.69) is 15.2 Å². The minimum atomic E-state index is -0.00994. The first-order valence-corrected chi connectivity index (χ1v) is 9.47. The number of hydrogen-bond donors (Lipinski definition) is 1. The van der Waals surface area contributed by atoms with Crippen molar-refractivity contribution in [2.45, 2.75) is 6.42 Å². The van der Waals surface area contributed by atoms with Crippen molar-refractivity contribution in [1.29, 1.82) is 0 Å². The number of nitrogens with one attached hydrogen (secondary N) is 1. The van der Waals surface area contributed by atoms with E-state index in [1.54, 1.807) is 25.6 Å². The largest absolute Gasteiger partial charge is 0.493 e. The van der Waals surface area contributed by atoms with Crippen molar-refractivity contribution in [2.75, 3.05) is 51.8 Å². The second-order valence-corrected chi connectivity index (χ2v) is 6.83. The summed E-state index contributed by atoms with van der Waals surface area (Å²) in [5.74, 6) is 1.41. The highest BCUT2D eigenvalue weighted by atomic mass is 32.1. The van der Waals surface area contributed by atoms with Crippen LogP contribution < -0.4 is 19.7 Å². The van der Waals surface area contributed by atoms with Crippen molar-refractivity contribution in [2.24, 2.45) is 0 Å². The molecule has 26 heavy (non-hydrogen) atoms. The number of rotatable bonds is 6. The van der Waals surface area contributed by atoms with E-state index < -0.39 is 0 Å². The quantitative estimate of drug-likeness (QED) is 0.837. The smallest absolute Gasteiger partial charge is 0.317 e. The van der Waals surface area contributed by atoms with Gasteiger partial charge in [0.05, 0.1) is 14.2 Å². The average Bonchev–Trinajstić information content (AvgIpc) is 3.22. The molecule has 8 heteroatoms. The van der Waals surface area contributed by atoms with Gasteiger partial charge in [-0.3, -0.25) is 0 Å². The Morgan fingerprint density at radius 1 is 1.19 bits per heavy atom. The van der Waals surface area contributed by atoms with Gasteiger partial charge in [-0.1, -0.05) is 6.07 Å². The summed E-state index contributed by atoms with van der Waals surface area (Å²) in [6.45, 7) is 3.64.